The molecule has 0 amide bonds. The van der Waals surface area contributed by atoms with Crippen LogP contribution in [-0.2, 0) is 16.0 Å². The average Bonchev–Trinajstić information content (AvgIpc) is 2.19. The van der Waals surface area contributed by atoms with Crippen molar-refractivity contribution in [2.45, 2.75) is 12.6 Å². The molecule has 0 aliphatic carbocycles. The van der Waals surface area contributed by atoms with E-state index in [1.165, 1.54) is 24.3 Å². The molecule has 16 heavy (non-hydrogen) atoms. The van der Waals surface area contributed by atoms with Crippen molar-refractivity contribution < 1.29 is 22.8 Å². The summed E-state index contributed by atoms with van der Waals surface area (Å²) in [6.07, 6.45) is -5.68. The van der Waals surface area contributed by atoms with E-state index in [1.54, 1.807) is 0 Å². The van der Waals surface area contributed by atoms with E-state index >= 15 is 0 Å². The van der Waals surface area contributed by atoms with Gasteiger partial charge in [-0.05, 0) is 17.7 Å². The van der Waals surface area contributed by atoms with E-state index < -0.39 is 24.2 Å². The number of benzene rings is 1. The van der Waals surface area contributed by atoms with Crippen LogP contribution in [0.25, 0.3) is 0 Å². The van der Waals surface area contributed by atoms with Crippen molar-refractivity contribution in [1.29, 1.82) is 0 Å². The van der Waals surface area contributed by atoms with Gasteiger partial charge >= 0.3 is 12.0 Å². The second kappa shape index (κ2) is 4.65. The van der Waals surface area contributed by atoms with E-state index in [0.717, 1.165) is 0 Å². The van der Waals surface area contributed by atoms with Crippen LogP contribution in [0.15, 0.2) is 24.3 Å². The molecular weight excluding hydrogens is 245 g/mol. The van der Waals surface area contributed by atoms with Crippen molar-refractivity contribution in [2.75, 3.05) is 0 Å². The molecule has 0 N–H and O–H groups in total. The van der Waals surface area contributed by atoms with Crippen LogP contribution in [0.2, 0.25) is 5.02 Å². The topological polar surface area (TPSA) is 34.1 Å². The van der Waals surface area contributed by atoms with Gasteiger partial charge in [0.2, 0.25) is 5.78 Å². The molecule has 0 aliphatic heterocycles. The van der Waals surface area contributed by atoms with Crippen molar-refractivity contribution in [1.82, 2.24) is 0 Å². The number of ketones is 2. The van der Waals surface area contributed by atoms with E-state index in [-0.39, 0.29) is 0 Å². The normalized spacial score (nSPS) is 11.2. The van der Waals surface area contributed by atoms with Crippen molar-refractivity contribution in [3.63, 3.8) is 0 Å². The third kappa shape index (κ3) is 3.34. The van der Waals surface area contributed by atoms with Gasteiger partial charge in [-0.15, -0.1) is 0 Å². The van der Waals surface area contributed by atoms with Gasteiger partial charge < -0.3 is 0 Å². The molecule has 0 spiro atoms. The predicted molar refractivity (Wildman–Crippen MR) is 51.2 cm³/mol. The van der Waals surface area contributed by atoms with Gasteiger partial charge in [0.05, 0.1) is 0 Å². The van der Waals surface area contributed by atoms with Crippen molar-refractivity contribution in [3.05, 3.63) is 34.9 Å². The first-order chi connectivity index (χ1) is 7.30. The Bertz CT molecular complexity index is 409. The summed E-state index contributed by atoms with van der Waals surface area (Å²) in [4.78, 5) is 21.5. The van der Waals surface area contributed by atoms with Crippen LogP contribution in [0.4, 0.5) is 13.2 Å². The average molecular weight is 251 g/mol. The number of carbonyl (C=O) groups is 2. The highest BCUT2D eigenvalue weighted by Crippen LogP contribution is 2.18. The molecular formula is C10H6ClF3O2. The Balaban J connectivity index is 2.72. The van der Waals surface area contributed by atoms with E-state index in [4.69, 9.17) is 11.6 Å². The summed E-state index contributed by atoms with van der Waals surface area (Å²) in [6, 6.07) is 5.65. The standard InChI is InChI=1S/C10H6ClF3O2/c11-7-3-1-6(2-4-7)5-8(15)9(16)10(12,13)14/h1-4H,5H2. The van der Waals surface area contributed by atoms with Crippen molar-refractivity contribution in [2.24, 2.45) is 0 Å². The van der Waals surface area contributed by atoms with Gasteiger partial charge in [-0.2, -0.15) is 13.2 Å². The molecule has 0 heterocycles. The Morgan fingerprint density at radius 3 is 2.06 bits per heavy atom. The fraction of sp³-hybridized carbons (Fsp3) is 0.200. The van der Waals surface area contributed by atoms with Gasteiger partial charge in [-0.25, -0.2) is 0 Å². The largest absolute Gasteiger partial charge is 0.458 e. The molecule has 0 bridgehead atoms. The van der Waals surface area contributed by atoms with Gasteiger partial charge in [0, 0.05) is 11.4 Å². The molecule has 0 atom stereocenters. The number of hydrogen-bond donors (Lipinski definition) is 0. The van der Waals surface area contributed by atoms with Gasteiger partial charge in [-0.1, -0.05) is 23.7 Å². The molecule has 1 aromatic rings. The fourth-order valence-corrected chi connectivity index (χ4v) is 1.15. The molecule has 0 aromatic heterocycles. The highest BCUT2D eigenvalue weighted by Gasteiger charge is 2.42. The molecule has 0 saturated carbocycles. The summed E-state index contributed by atoms with van der Waals surface area (Å²) in [5.41, 5.74) is 0.312. The highest BCUT2D eigenvalue weighted by molar-refractivity contribution is 6.39. The van der Waals surface area contributed by atoms with Crippen LogP contribution >= 0.6 is 11.6 Å². The number of halogens is 4. The monoisotopic (exact) mass is 250 g/mol. The van der Waals surface area contributed by atoms with Gasteiger partial charge in [-0.3, -0.25) is 9.59 Å². The minimum Gasteiger partial charge on any atom is -0.290 e. The summed E-state index contributed by atoms with van der Waals surface area (Å²) in [5.74, 6) is -3.81. The molecule has 0 radical (unpaired) electrons. The number of Topliss-reactive ketones (excluding diaryl/α,β-unsaturated/α-hetero) is 2. The third-order valence-corrected chi connectivity index (χ3v) is 2.04. The van der Waals surface area contributed by atoms with Crippen LogP contribution < -0.4 is 0 Å². The second-order valence-corrected chi connectivity index (χ2v) is 3.49. The summed E-state index contributed by atoms with van der Waals surface area (Å²) < 4.78 is 35.6. The summed E-state index contributed by atoms with van der Waals surface area (Å²) in [5, 5.41) is 0.401. The maximum atomic E-state index is 11.9. The second-order valence-electron chi connectivity index (χ2n) is 3.05. The maximum Gasteiger partial charge on any atom is 0.458 e. The molecule has 6 heteroatoms. The van der Waals surface area contributed by atoms with E-state index in [0.29, 0.717) is 10.6 Å². The third-order valence-electron chi connectivity index (χ3n) is 1.79. The fourth-order valence-electron chi connectivity index (χ4n) is 1.03. The molecule has 86 valence electrons. The van der Waals surface area contributed by atoms with Crippen molar-refractivity contribution >= 4 is 23.2 Å². The first-order valence-electron chi connectivity index (χ1n) is 4.19. The zero-order chi connectivity index (χ0) is 12.3. The molecule has 1 rings (SSSR count). The van der Waals surface area contributed by atoms with Crippen molar-refractivity contribution in [3.8, 4) is 0 Å². The van der Waals surface area contributed by atoms with Gasteiger partial charge in [0.1, 0.15) is 0 Å². The van der Waals surface area contributed by atoms with Crippen LogP contribution in [0.5, 0.6) is 0 Å². The number of rotatable bonds is 3. The Labute approximate surface area is 94.0 Å². The first kappa shape index (κ1) is 12.7. The smallest absolute Gasteiger partial charge is 0.290 e. The highest BCUT2D eigenvalue weighted by atomic mass is 35.5. The first-order valence-corrected chi connectivity index (χ1v) is 4.57. The van der Waals surface area contributed by atoms with E-state index in [1.807, 2.05) is 0 Å². The Kier molecular flexibility index (Phi) is 3.70. The number of alkyl halides is 3. The summed E-state index contributed by atoms with van der Waals surface area (Å²) >= 11 is 5.55. The molecule has 1 aromatic carbocycles. The minimum absolute atomic E-state index is 0.312. The lowest BCUT2D eigenvalue weighted by molar-refractivity contribution is -0.174. The number of hydrogen-bond acceptors (Lipinski definition) is 2. The van der Waals surface area contributed by atoms with Crippen LogP contribution in [-0.4, -0.2) is 17.7 Å². The van der Waals surface area contributed by atoms with E-state index in [9.17, 15) is 22.8 Å². The Morgan fingerprint density at radius 1 is 1.12 bits per heavy atom. The predicted octanol–water partition coefficient (Wildman–Crippen LogP) is 2.58. The lowest BCUT2D eigenvalue weighted by Crippen LogP contribution is -2.31. The quantitative estimate of drug-likeness (QED) is 0.773. The Hall–Kier alpha value is -1.36. The SMILES string of the molecule is O=C(Cc1ccc(Cl)cc1)C(=O)C(F)(F)F. The molecule has 2 nitrogen and oxygen atoms in total. The lowest BCUT2D eigenvalue weighted by atomic mass is 10.1. The number of carbonyl (C=O) groups excluding carboxylic acids is 2. The van der Waals surface area contributed by atoms with Crippen LogP contribution in [0.3, 0.4) is 0 Å². The lowest BCUT2D eigenvalue weighted by Gasteiger charge is -2.04. The summed E-state index contributed by atoms with van der Waals surface area (Å²) in [7, 11) is 0. The molecule has 0 unspecified atom stereocenters. The van der Waals surface area contributed by atoms with Gasteiger partial charge in [0.15, 0.2) is 0 Å². The summed E-state index contributed by atoms with van der Waals surface area (Å²) in [6.45, 7) is 0. The van der Waals surface area contributed by atoms with Crippen LogP contribution in [0, 0.1) is 0 Å². The van der Waals surface area contributed by atoms with E-state index in [2.05, 4.69) is 0 Å². The molecule has 0 saturated heterocycles. The van der Waals surface area contributed by atoms with Gasteiger partial charge in [0.25, 0.3) is 0 Å². The Morgan fingerprint density at radius 2 is 1.62 bits per heavy atom. The zero-order valence-corrected chi connectivity index (χ0v) is 8.60. The minimum atomic E-state index is -5.11. The zero-order valence-electron chi connectivity index (χ0n) is 7.84. The molecule has 0 aliphatic rings. The molecule has 0 fully saturated rings. The maximum absolute atomic E-state index is 11.9. The van der Waals surface area contributed by atoms with Crippen LogP contribution in [0.1, 0.15) is 5.56 Å².